The van der Waals surface area contributed by atoms with Crippen LogP contribution >= 0.6 is 24.8 Å². The molecule has 1 N–H and O–H groups in total. The summed E-state index contributed by atoms with van der Waals surface area (Å²) >= 11 is 8.32. The number of amides is 1. The van der Waals surface area contributed by atoms with Gasteiger partial charge in [-0.2, -0.15) is 12.6 Å². The minimum absolute atomic E-state index is 0.425. The van der Waals surface area contributed by atoms with E-state index >= 15 is 0 Å². The van der Waals surface area contributed by atoms with Crippen LogP contribution in [0.1, 0.15) is 0 Å². The third-order valence-electron chi connectivity index (χ3n) is 0.364. The molecule has 7 heavy (non-hydrogen) atoms. The van der Waals surface area contributed by atoms with Crippen molar-refractivity contribution in [1.82, 2.24) is 5.32 Å². The lowest BCUT2D eigenvalue weighted by atomic mass is 10.7. The molecule has 0 fully saturated rings. The molecule has 0 bridgehead atoms. The first-order chi connectivity index (χ1) is 3.31. The molecule has 2 nitrogen and oxygen atoms in total. The quantitative estimate of drug-likeness (QED) is 0.317. The zero-order chi connectivity index (χ0) is 5.70. The molecule has 0 aliphatic heterocycles. The lowest BCUT2D eigenvalue weighted by Crippen LogP contribution is -2.19. The van der Waals surface area contributed by atoms with Crippen molar-refractivity contribution in [3.63, 3.8) is 0 Å². The molecule has 0 saturated heterocycles. The summed E-state index contributed by atoms with van der Waals surface area (Å²) < 4.78 is 0. The maximum absolute atomic E-state index is 9.54. The van der Waals surface area contributed by atoms with Crippen LogP contribution in [0.5, 0.6) is 0 Å². The third-order valence-corrected chi connectivity index (χ3v) is 1.16. The predicted molar refractivity (Wildman–Crippen MR) is 35.7 cm³/mol. The normalized spacial score (nSPS) is 7.57. The number of rotatable bonds is 2. The van der Waals surface area contributed by atoms with Gasteiger partial charge in [-0.25, -0.2) is 0 Å². The molecular formula is C3H5NOS2. The molecule has 0 rings (SSSR count). The van der Waals surface area contributed by atoms with Gasteiger partial charge in [-0.15, -0.1) is 0 Å². The molecule has 0 aliphatic rings. The molecule has 0 saturated carbocycles. The average Bonchev–Trinajstić information content (AvgIpc) is 1.68. The number of thiocarbonyl (C=S) groups is 1. The van der Waals surface area contributed by atoms with Gasteiger partial charge in [0.05, 0.1) is 4.99 Å². The Bertz CT molecular complexity index is 83.0. The highest BCUT2D eigenvalue weighted by molar-refractivity contribution is 7.86. The topological polar surface area (TPSA) is 29.1 Å². The van der Waals surface area contributed by atoms with Gasteiger partial charge in [-0.05, 0) is 0 Å². The molecule has 0 aromatic carbocycles. The summed E-state index contributed by atoms with van der Waals surface area (Å²) in [6.07, 6.45) is 0.540. The van der Waals surface area contributed by atoms with E-state index in [0.717, 1.165) is 0 Å². The smallest absolute Gasteiger partial charge is 0.211 e. The van der Waals surface area contributed by atoms with Gasteiger partial charge in [-0.3, -0.25) is 4.79 Å². The van der Waals surface area contributed by atoms with E-state index in [1.54, 1.807) is 0 Å². The van der Waals surface area contributed by atoms with E-state index in [-0.39, 0.29) is 0 Å². The summed E-state index contributed by atoms with van der Waals surface area (Å²) in [5.41, 5.74) is 0. The molecule has 0 aromatic heterocycles. The number of thiol groups is 1. The fourth-order valence-corrected chi connectivity index (χ4v) is 0.251. The van der Waals surface area contributed by atoms with Gasteiger partial charge in [0.15, 0.2) is 0 Å². The van der Waals surface area contributed by atoms with E-state index in [9.17, 15) is 4.79 Å². The van der Waals surface area contributed by atoms with Crippen molar-refractivity contribution < 1.29 is 4.79 Å². The molecule has 4 heteroatoms. The van der Waals surface area contributed by atoms with Gasteiger partial charge in [-0.1, -0.05) is 12.2 Å². The molecule has 0 spiro atoms. The van der Waals surface area contributed by atoms with E-state index in [4.69, 9.17) is 0 Å². The molecule has 0 aliphatic carbocycles. The number of hydrogen-bond acceptors (Lipinski definition) is 3. The number of nitrogens with one attached hydrogen (secondary N) is 1. The average molecular weight is 135 g/mol. The van der Waals surface area contributed by atoms with Gasteiger partial charge in [0.2, 0.25) is 6.41 Å². The van der Waals surface area contributed by atoms with Crippen molar-refractivity contribution in [2.75, 3.05) is 5.75 Å². The highest BCUT2D eigenvalue weighted by atomic mass is 32.1. The fourth-order valence-electron chi connectivity index (χ4n) is 0.111. The van der Waals surface area contributed by atoms with E-state index < -0.39 is 0 Å². The van der Waals surface area contributed by atoms with Crippen LogP contribution in [-0.4, -0.2) is 17.2 Å². The Labute approximate surface area is 52.7 Å². The second kappa shape index (κ2) is 4.08. The summed E-state index contributed by atoms with van der Waals surface area (Å²) in [5, 5.41) is 2.27. The Hall–Kier alpha value is -0.0900. The minimum Gasteiger partial charge on any atom is -0.322 e. The summed E-state index contributed by atoms with van der Waals surface area (Å²) in [7, 11) is 0. The fraction of sp³-hybridized carbons (Fsp3) is 0.333. The summed E-state index contributed by atoms with van der Waals surface area (Å²) in [5.74, 6) is 0.425. The van der Waals surface area contributed by atoms with Crippen LogP contribution in [0.25, 0.3) is 0 Å². The Balaban J connectivity index is 3.17. The van der Waals surface area contributed by atoms with Crippen LogP contribution in [0, 0.1) is 0 Å². The van der Waals surface area contributed by atoms with Crippen molar-refractivity contribution in [3.8, 4) is 0 Å². The third kappa shape index (κ3) is 3.75. The van der Waals surface area contributed by atoms with Gasteiger partial charge >= 0.3 is 0 Å². The van der Waals surface area contributed by atoms with Crippen molar-refractivity contribution in [3.05, 3.63) is 0 Å². The maximum atomic E-state index is 9.54. The predicted octanol–water partition coefficient (Wildman–Crippen LogP) is -0.0104. The number of carbonyl (C=O) groups is 1. The SMILES string of the molecule is O=CNC(=S)CS. The van der Waals surface area contributed by atoms with Crippen LogP contribution in [0.15, 0.2) is 0 Å². The van der Waals surface area contributed by atoms with Gasteiger partial charge in [0.25, 0.3) is 0 Å². The van der Waals surface area contributed by atoms with Crippen LogP contribution in [0.3, 0.4) is 0 Å². The Kier molecular flexibility index (Phi) is 4.03. The molecule has 0 heterocycles. The molecule has 0 radical (unpaired) electrons. The second-order valence-electron chi connectivity index (χ2n) is 0.843. The Morgan fingerprint density at radius 2 is 2.57 bits per heavy atom. The van der Waals surface area contributed by atoms with Gasteiger partial charge in [0.1, 0.15) is 0 Å². The van der Waals surface area contributed by atoms with Crippen molar-refractivity contribution in [1.29, 1.82) is 0 Å². The zero-order valence-corrected chi connectivity index (χ0v) is 5.26. The summed E-state index contributed by atoms with van der Waals surface area (Å²) in [4.78, 5) is 10.00. The second-order valence-corrected chi connectivity index (χ2v) is 1.65. The van der Waals surface area contributed by atoms with Crippen molar-refractivity contribution in [2.45, 2.75) is 0 Å². The maximum Gasteiger partial charge on any atom is 0.211 e. The standard InChI is InChI=1S/C3H5NOS2/c5-2-4-3(7)1-6/h2,6H,1H2,(H,4,5,7). The lowest BCUT2D eigenvalue weighted by Gasteiger charge is -1.90. The van der Waals surface area contributed by atoms with Crippen LogP contribution in [0.2, 0.25) is 0 Å². The molecular weight excluding hydrogens is 130 g/mol. The monoisotopic (exact) mass is 135 g/mol. The van der Waals surface area contributed by atoms with Gasteiger partial charge in [0, 0.05) is 5.75 Å². The highest BCUT2D eigenvalue weighted by Crippen LogP contribution is 1.73. The first-order valence-corrected chi connectivity index (χ1v) is 2.69. The van der Waals surface area contributed by atoms with E-state index in [1.807, 2.05) is 0 Å². The van der Waals surface area contributed by atoms with E-state index in [1.165, 1.54) is 0 Å². The Morgan fingerprint density at radius 3 is 2.71 bits per heavy atom. The van der Waals surface area contributed by atoms with E-state index in [2.05, 4.69) is 30.2 Å². The van der Waals surface area contributed by atoms with Crippen LogP contribution in [0.4, 0.5) is 0 Å². The molecule has 0 unspecified atom stereocenters. The van der Waals surface area contributed by atoms with Crippen molar-refractivity contribution >= 4 is 36.2 Å². The Morgan fingerprint density at radius 1 is 2.00 bits per heavy atom. The molecule has 1 amide bonds. The largest absolute Gasteiger partial charge is 0.322 e. The molecule has 40 valence electrons. The van der Waals surface area contributed by atoms with Crippen molar-refractivity contribution in [2.24, 2.45) is 0 Å². The molecule has 0 atom stereocenters. The lowest BCUT2D eigenvalue weighted by molar-refractivity contribution is -0.108. The zero-order valence-electron chi connectivity index (χ0n) is 3.55. The van der Waals surface area contributed by atoms with E-state index in [0.29, 0.717) is 17.2 Å². The first-order valence-electron chi connectivity index (χ1n) is 1.65. The number of carbonyl (C=O) groups excluding carboxylic acids is 1. The first kappa shape index (κ1) is 6.91. The van der Waals surface area contributed by atoms with Gasteiger partial charge < -0.3 is 5.32 Å². The molecule has 0 aromatic rings. The summed E-state index contributed by atoms with van der Waals surface area (Å²) in [6, 6.07) is 0. The summed E-state index contributed by atoms with van der Waals surface area (Å²) in [6.45, 7) is 0. The van der Waals surface area contributed by atoms with Crippen LogP contribution < -0.4 is 5.32 Å². The minimum atomic E-state index is 0.425. The highest BCUT2D eigenvalue weighted by Gasteiger charge is 1.83. The van der Waals surface area contributed by atoms with Crippen LogP contribution in [-0.2, 0) is 4.79 Å². The number of hydrogen-bond donors (Lipinski definition) is 2.